The molecular weight excluding hydrogens is 268 g/mol. The van der Waals surface area contributed by atoms with E-state index in [0.29, 0.717) is 13.2 Å². The molecule has 3 rings (SSSR count). The highest BCUT2D eigenvalue weighted by molar-refractivity contribution is 5.14. The van der Waals surface area contributed by atoms with Crippen LogP contribution in [0.25, 0.3) is 0 Å². The van der Waals surface area contributed by atoms with Crippen molar-refractivity contribution in [3.05, 3.63) is 17.5 Å². The molecule has 2 fully saturated rings. The van der Waals surface area contributed by atoms with Crippen molar-refractivity contribution in [3.63, 3.8) is 0 Å². The molecule has 0 saturated carbocycles. The van der Waals surface area contributed by atoms with Crippen LogP contribution in [0.4, 0.5) is 0 Å². The lowest BCUT2D eigenvalue weighted by molar-refractivity contribution is -0.118. The quantitative estimate of drug-likeness (QED) is 0.924. The van der Waals surface area contributed by atoms with Gasteiger partial charge in [0.2, 0.25) is 0 Å². The average molecular weight is 294 g/mol. The maximum Gasteiger partial charge on any atom is 0.0986 e. The first kappa shape index (κ1) is 15.0. The normalized spacial score (nSPS) is 30.9. The summed E-state index contributed by atoms with van der Waals surface area (Å²) in [5.74, 6) is 0.229. The van der Waals surface area contributed by atoms with Crippen LogP contribution in [0.3, 0.4) is 0 Å². The molecule has 1 aromatic rings. The molecule has 0 aliphatic carbocycles. The van der Waals surface area contributed by atoms with Gasteiger partial charge >= 0.3 is 0 Å². The predicted octanol–water partition coefficient (Wildman–Crippen LogP) is 2.08. The summed E-state index contributed by atoms with van der Waals surface area (Å²) < 4.78 is 13.4. The van der Waals surface area contributed by atoms with E-state index in [1.165, 1.54) is 0 Å². The summed E-state index contributed by atoms with van der Waals surface area (Å²) in [5.41, 5.74) is 1.85. The van der Waals surface area contributed by atoms with Gasteiger partial charge in [-0.15, -0.1) is 0 Å². The summed E-state index contributed by atoms with van der Waals surface area (Å²) in [5, 5.41) is 15.4. The van der Waals surface area contributed by atoms with Crippen LogP contribution in [0.15, 0.2) is 6.07 Å². The van der Waals surface area contributed by atoms with Gasteiger partial charge in [-0.1, -0.05) is 6.92 Å². The van der Waals surface area contributed by atoms with Crippen LogP contribution in [0, 0.1) is 5.92 Å². The third kappa shape index (κ3) is 2.87. The number of rotatable bonds is 4. The smallest absolute Gasteiger partial charge is 0.0986 e. The standard InChI is InChI=1S/C16H26N2O3/c1-3-13-9-14(18(4-2)17-13)15(19)12-5-7-21-16(10-12)6-8-20-11-16/h9,12,15,19H,3-8,10-11H2,1-2H3. The minimum atomic E-state index is -0.459. The zero-order valence-corrected chi connectivity index (χ0v) is 13.0. The molecule has 1 spiro atoms. The molecule has 1 aromatic heterocycles. The number of ether oxygens (including phenoxy) is 2. The van der Waals surface area contributed by atoms with E-state index in [1.807, 2.05) is 4.68 Å². The highest BCUT2D eigenvalue weighted by Crippen LogP contribution is 2.41. The van der Waals surface area contributed by atoms with Crippen LogP contribution in [0.5, 0.6) is 0 Å². The SMILES string of the molecule is CCc1cc(C(O)C2CCOC3(CCOC3)C2)n(CC)n1. The molecule has 21 heavy (non-hydrogen) atoms. The van der Waals surface area contributed by atoms with E-state index in [4.69, 9.17) is 9.47 Å². The van der Waals surface area contributed by atoms with Crippen LogP contribution in [0.2, 0.25) is 0 Å². The van der Waals surface area contributed by atoms with Crippen molar-refractivity contribution in [3.8, 4) is 0 Å². The molecule has 2 saturated heterocycles. The van der Waals surface area contributed by atoms with E-state index in [0.717, 1.165) is 50.2 Å². The van der Waals surface area contributed by atoms with Crippen molar-refractivity contribution in [2.75, 3.05) is 19.8 Å². The zero-order valence-electron chi connectivity index (χ0n) is 13.0. The van der Waals surface area contributed by atoms with E-state index in [9.17, 15) is 5.11 Å². The summed E-state index contributed by atoms with van der Waals surface area (Å²) in [6.07, 6.45) is 3.17. The summed E-state index contributed by atoms with van der Waals surface area (Å²) in [4.78, 5) is 0. The molecule has 3 heterocycles. The Labute approximate surface area is 126 Å². The Morgan fingerprint density at radius 2 is 2.33 bits per heavy atom. The first-order valence-corrected chi connectivity index (χ1v) is 8.14. The van der Waals surface area contributed by atoms with Crippen LogP contribution in [0.1, 0.15) is 50.6 Å². The van der Waals surface area contributed by atoms with Crippen molar-refractivity contribution in [1.82, 2.24) is 9.78 Å². The molecule has 2 aliphatic rings. The topological polar surface area (TPSA) is 56.5 Å². The number of aliphatic hydroxyl groups excluding tert-OH is 1. The molecule has 3 atom stereocenters. The Morgan fingerprint density at radius 1 is 1.48 bits per heavy atom. The van der Waals surface area contributed by atoms with Gasteiger partial charge in [0.25, 0.3) is 0 Å². The Balaban J connectivity index is 1.77. The summed E-state index contributed by atoms with van der Waals surface area (Å²) in [6.45, 7) is 7.12. The first-order valence-electron chi connectivity index (χ1n) is 8.14. The first-order chi connectivity index (χ1) is 10.2. The molecule has 2 aliphatic heterocycles. The second-order valence-corrected chi connectivity index (χ2v) is 6.26. The van der Waals surface area contributed by atoms with E-state index in [-0.39, 0.29) is 11.5 Å². The third-order valence-electron chi connectivity index (χ3n) is 4.87. The predicted molar refractivity (Wildman–Crippen MR) is 79.1 cm³/mol. The van der Waals surface area contributed by atoms with Gasteiger partial charge in [0.05, 0.1) is 29.7 Å². The average Bonchev–Trinajstić information content (AvgIpc) is 3.13. The van der Waals surface area contributed by atoms with E-state index >= 15 is 0 Å². The molecule has 1 N–H and O–H groups in total. The molecule has 3 unspecified atom stereocenters. The minimum Gasteiger partial charge on any atom is -0.387 e. The maximum absolute atomic E-state index is 10.9. The number of hydrogen-bond acceptors (Lipinski definition) is 4. The lowest BCUT2D eigenvalue weighted by Crippen LogP contribution is -2.42. The molecule has 0 radical (unpaired) electrons. The van der Waals surface area contributed by atoms with Crippen molar-refractivity contribution in [1.29, 1.82) is 0 Å². The van der Waals surface area contributed by atoms with Crippen LogP contribution in [-0.4, -0.2) is 40.3 Å². The molecular formula is C16H26N2O3. The largest absolute Gasteiger partial charge is 0.387 e. The Bertz CT molecular complexity index is 480. The molecule has 0 amide bonds. The Morgan fingerprint density at radius 3 is 3.00 bits per heavy atom. The number of aliphatic hydroxyl groups is 1. The van der Waals surface area contributed by atoms with Gasteiger partial charge in [0.1, 0.15) is 0 Å². The third-order valence-corrected chi connectivity index (χ3v) is 4.87. The van der Waals surface area contributed by atoms with Gasteiger partial charge in [0.15, 0.2) is 0 Å². The van der Waals surface area contributed by atoms with Crippen LogP contribution in [-0.2, 0) is 22.4 Å². The van der Waals surface area contributed by atoms with E-state index in [2.05, 4.69) is 25.0 Å². The summed E-state index contributed by atoms with van der Waals surface area (Å²) in [7, 11) is 0. The van der Waals surface area contributed by atoms with Gasteiger partial charge in [-0.3, -0.25) is 4.68 Å². The fourth-order valence-electron chi connectivity index (χ4n) is 3.59. The van der Waals surface area contributed by atoms with Gasteiger partial charge in [0, 0.05) is 26.2 Å². The second kappa shape index (κ2) is 6.07. The fraction of sp³-hybridized carbons (Fsp3) is 0.812. The maximum atomic E-state index is 10.9. The molecule has 118 valence electrons. The van der Waals surface area contributed by atoms with Gasteiger partial charge in [-0.2, -0.15) is 5.10 Å². The van der Waals surface area contributed by atoms with E-state index in [1.54, 1.807) is 0 Å². The van der Waals surface area contributed by atoms with Crippen LogP contribution >= 0.6 is 0 Å². The highest BCUT2D eigenvalue weighted by Gasteiger charge is 2.43. The second-order valence-electron chi connectivity index (χ2n) is 6.26. The van der Waals surface area contributed by atoms with Crippen molar-refractivity contribution >= 4 is 0 Å². The molecule has 5 heteroatoms. The van der Waals surface area contributed by atoms with Crippen molar-refractivity contribution in [2.24, 2.45) is 5.92 Å². The minimum absolute atomic E-state index is 0.158. The van der Waals surface area contributed by atoms with Crippen molar-refractivity contribution in [2.45, 2.75) is 57.8 Å². The zero-order chi connectivity index (χ0) is 14.9. The highest BCUT2D eigenvalue weighted by atomic mass is 16.6. The number of hydrogen-bond donors (Lipinski definition) is 1. The molecule has 0 aromatic carbocycles. The molecule has 5 nitrogen and oxygen atoms in total. The van der Waals surface area contributed by atoms with Gasteiger partial charge in [-0.25, -0.2) is 0 Å². The lowest BCUT2D eigenvalue weighted by atomic mass is 9.81. The lowest BCUT2D eigenvalue weighted by Gasteiger charge is -2.39. The fourth-order valence-corrected chi connectivity index (χ4v) is 3.59. The number of aromatic nitrogens is 2. The van der Waals surface area contributed by atoms with Gasteiger partial charge < -0.3 is 14.6 Å². The van der Waals surface area contributed by atoms with E-state index < -0.39 is 6.10 Å². The summed E-state index contributed by atoms with van der Waals surface area (Å²) in [6, 6.07) is 2.06. The number of aryl methyl sites for hydroxylation is 2. The monoisotopic (exact) mass is 294 g/mol. The Hall–Kier alpha value is -0.910. The van der Waals surface area contributed by atoms with Crippen molar-refractivity contribution < 1.29 is 14.6 Å². The van der Waals surface area contributed by atoms with Crippen LogP contribution < -0.4 is 0 Å². The Kier molecular flexibility index (Phi) is 4.33. The summed E-state index contributed by atoms with van der Waals surface area (Å²) >= 11 is 0. The molecule has 0 bridgehead atoms. The van der Waals surface area contributed by atoms with Gasteiger partial charge in [-0.05, 0) is 38.2 Å². The number of nitrogens with zero attached hydrogens (tertiary/aromatic N) is 2.